The zero-order valence-corrected chi connectivity index (χ0v) is 11.3. The Morgan fingerprint density at radius 2 is 1.74 bits per heavy atom. The summed E-state index contributed by atoms with van der Waals surface area (Å²) in [5, 5.41) is 0.721. The molecule has 2 aromatic rings. The van der Waals surface area contributed by atoms with Gasteiger partial charge in [-0.15, -0.1) is 0 Å². The molecule has 1 aliphatic heterocycles. The van der Waals surface area contributed by atoms with Crippen molar-refractivity contribution in [3.05, 3.63) is 54.4 Å². The van der Waals surface area contributed by atoms with Crippen molar-refractivity contribution in [2.45, 2.75) is 12.5 Å². The molecule has 0 aliphatic carbocycles. The van der Waals surface area contributed by atoms with E-state index in [0.29, 0.717) is 6.04 Å². The van der Waals surface area contributed by atoms with Crippen LogP contribution in [0, 0.1) is 0 Å². The second kappa shape index (κ2) is 5.45. The fourth-order valence-electron chi connectivity index (χ4n) is 2.19. The molecule has 3 rings (SSSR count). The first-order chi connectivity index (χ1) is 9.31. The molecule has 0 saturated carbocycles. The van der Waals surface area contributed by atoms with Gasteiger partial charge in [0.15, 0.2) is 5.17 Å². The Bertz CT molecular complexity index is 578. The molecule has 19 heavy (non-hydrogen) atoms. The van der Waals surface area contributed by atoms with Crippen molar-refractivity contribution in [3.63, 3.8) is 0 Å². The summed E-state index contributed by atoms with van der Waals surface area (Å²) in [7, 11) is 0. The number of aliphatic imine (C=N–C) groups is 1. The van der Waals surface area contributed by atoms with Gasteiger partial charge in [-0.1, -0.05) is 36.0 Å². The van der Waals surface area contributed by atoms with Crippen molar-refractivity contribution in [1.82, 2.24) is 4.98 Å². The molecule has 0 amide bonds. The van der Waals surface area contributed by atoms with E-state index in [9.17, 15) is 0 Å². The molecular formula is C15H15N3S. The molecule has 1 aromatic heterocycles. The zero-order valence-electron chi connectivity index (χ0n) is 10.5. The van der Waals surface area contributed by atoms with Crippen molar-refractivity contribution < 1.29 is 0 Å². The van der Waals surface area contributed by atoms with E-state index in [1.165, 1.54) is 16.7 Å². The molecule has 0 radical (unpaired) electrons. The lowest BCUT2D eigenvalue weighted by Gasteiger charge is -2.07. The molecule has 1 unspecified atom stereocenters. The van der Waals surface area contributed by atoms with Crippen molar-refractivity contribution >= 4 is 16.9 Å². The van der Waals surface area contributed by atoms with E-state index in [0.717, 1.165) is 17.3 Å². The molecule has 0 fully saturated rings. The third-order valence-electron chi connectivity index (χ3n) is 3.17. The van der Waals surface area contributed by atoms with Crippen molar-refractivity contribution in [1.29, 1.82) is 0 Å². The SMILES string of the molecule is NC1=NC(Cc2ccc(-c3ccncc3)cc2)CS1. The molecule has 4 heteroatoms. The number of nitrogens with two attached hydrogens (primary N) is 1. The molecule has 1 aliphatic rings. The topological polar surface area (TPSA) is 51.3 Å². The van der Waals surface area contributed by atoms with Crippen LogP contribution in [0.15, 0.2) is 53.8 Å². The van der Waals surface area contributed by atoms with Gasteiger partial charge in [-0.25, -0.2) is 0 Å². The van der Waals surface area contributed by atoms with Crippen LogP contribution < -0.4 is 5.73 Å². The van der Waals surface area contributed by atoms with E-state index in [-0.39, 0.29) is 0 Å². The number of pyridine rings is 1. The van der Waals surface area contributed by atoms with Gasteiger partial charge in [-0.3, -0.25) is 9.98 Å². The molecule has 1 aromatic carbocycles. The smallest absolute Gasteiger partial charge is 0.154 e. The van der Waals surface area contributed by atoms with E-state index >= 15 is 0 Å². The summed E-state index contributed by atoms with van der Waals surface area (Å²) in [4.78, 5) is 8.45. The number of nitrogens with zero attached hydrogens (tertiary/aromatic N) is 2. The molecule has 0 saturated heterocycles. The summed E-state index contributed by atoms with van der Waals surface area (Å²) in [6.07, 6.45) is 4.59. The van der Waals surface area contributed by atoms with Crippen LogP contribution in [0.4, 0.5) is 0 Å². The van der Waals surface area contributed by atoms with Crippen molar-refractivity contribution in [3.8, 4) is 11.1 Å². The van der Waals surface area contributed by atoms with Crippen LogP contribution in [-0.2, 0) is 6.42 Å². The molecule has 1 atom stereocenters. The molecule has 2 heterocycles. The highest BCUT2D eigenvalue weighted by Gasteiger charge is 2.16. The summed E-state index contributed by atoms with van der Waals surface area (Å²) in [6, 6.07) is 13.0. The summed E-state index contributed by atoms with van der Waals surface area (Å²) in [5.74, 6) is 0.998. The van der Waals surface area contributed by atoms with Crippen LogP contribution in [0.1, 0.15) is 5.56 Å². The Balaban J connectivity index is 1.73. The second-order valence-corrected chi connectivity index (χ2v) is 5.61. The van der Waals surface area contributed by atoms with Gasteiger partial charge in [0.05, 0.1) is 6.04 Å². The summed E-state index contributed by atoms with van der Waals surface area (Å²) >= 11 is 1.65. The van der Waals surface area contributed by atoms with E-state index < -0.39 is 0 Å². The zero-order chi connectivity index (χ0) is 13.1. The van der Waals surface area contributed by atoms with Gasteiger partial charge in [0.1, 0.15) is 0 Å². The fraction of sp³-hybridized carbons (Fsp3) is 0.200. The molecule has 2 N–H and O–H groups in total. The number of aromatic nitrogens is 1. The average molecular weight is 269 g/mol. The molecule has 3 nitrogen and oxygen atoms in total. The van der Waals surface area contributed by atoms with E-state index in [4.69, 9.17) is 5.73 Å². The molecular weight excluding hydrogens is 254 g/mol. The van der Waals surface area contributed by atoms with Gasteiger partial charge in [-0.2, -0.15) is 0 Å². The third-order valence-corrected chi connectivity index (χ3v) is 4.12. The Morgan fingerprint density at radius 3 is 2.37 bits per heavy atom. The summed E-state index contributed by atoms with van der Waals surface area (Å²) in [5.41, 5.74) is 9.41. The highest BCUT2D eigenvalue weighted by molar-refractivity contribution is 8.14. The highest BCUT2D eigenvalue weighted by atomic mass is 32.2. The normalized spacial score (nSPS) is 18.3. The van der Waals surface area contributed by atoms with Crippen LogP contribution in [0.2, 0.25) is 0 Å². The van der Waals surface area contributed by atoms with Gasteiger partial charge in [0.2, 0.25) is 0 Å². The van der Waals surface area contributed by atoms with Crippen LogP contribution in [0.25, 0.3) is 11.1 Å². The number of amidine groups is 1. The van der Waals surface area contributed by atoms with Crippen LogP contribution in [0.5, 0.6) is 0 Å². The number of benzene rings is 1. The largest absolute Gasteiger partial charge is 0.379 e. The Morgan fingerprint density at radius 1 is 1.05 bits per heavy atom. The molecule has 0 spiro atoms. The van der Waals surface area contributed by atoms with Crippen LogP contribution in [-0.4, -0.2) is 21.9 Å². The van der Waals surface area contributed by atoms with E-state index in [2.05, 4.69) is 34.2 Å². The van der Waals surface area contributed by atoms with Gasteiger partial charge in [0, 0.05) is 18.1 Å². The maximum Gasteiger partial charge on any atom is 0.154 e. The number of hydrogen-bond acceptors (Lipinski definition) is 4. The van der Waals surface area contributed by atoms with Crippen LogP contribution in [0.3, 0.4) is 0 Å². The quantitative estimate of drug-likeness (QED) is 0.932. The van der Waals surface area contributed by atoms with Crippen LogP contribution >= 0.6 is 11.8 Å². The minimum absolute atomic E-state index is 0.330. The van der Waals surface area contributed by atoms with E-state index in [1.807, 2.05) is 24.5 Å². The summed E-state index contributed by atoms with van der Waals surface area (Å²) in [6.45, 7) is 0. The van der Waals surface area contributed by atoms with E-state index in [1.54, 1.807) is 11.8 Å². The maximum absolute atomic E-state index is 5.69. The lowest BCUT2D eigenvalue weighted by atomic mass is 10.0. The first kappa shape index (κ1) is 12.2. The maximum atomic E-state index is 5.69. The molecule has 0 bridgehead atoms. The average Bonchev–Trinajstić information content (AvgIpc) is 2.86. The lowest BCUT2D eigenvalue weighted by molar-refractivity contribution is 0.762. The van der Waals surface area contributed by atoms with Gasteiger partial charge in [0.25, 0.3) is 0 Å². The van der Waals surface area contributed by atoms with Gasteiger partial charge >= 0.3 is 0 Å². The lowest BCUT2D eigenvalue weighted by Crippen LogP contribution is -2.08. The Kier molecular flexibility index (Phi) is 3.51. The highest BCUT2D eigenvalue weighted by Crippen LogP contribution is 2.22. The minimum atomic E-state index is 0.330. The number of thioether (sulfide) groups is 1. The first-order valence-electron chi connectivity index (χ1n) is 6.27. The van der Waals surface area contributed by atoms with Crippen molar-refractivity contribution in [2.75, 3.05) is 5.75 Å². The third kappa shape index (κ3) is 2.96. The summed E-state index contributed by atoms with van der Waals surface area (Å²) < 4.78 is 0. The second-order valence-electron chi connectivity index (χ2n) is 4.57. The van der Waals surface area contributed by atoms with Crippen molar-refractivity contribution in [2.24, 2.45) is 10.7 Å². The molecule has 96 valence electrons. The Hall–Kier alpha value is -1.81. The monoisotopic (exact) mass is 269 g/mol. The van der Waals surface area contributed by atoms with Gasteiger partial charge in [-0.05, 0) is 35.2 Å². The Labute approximate surface area is 117 Å². The first-order valence-corrected chi connectivity index (χ1v) is 7.25. The number of hydrogen-bond donors (Lipinski definition) is 1. The number of rotatable bonds is 3. The predicted molar refractivity (Wildman–Crippen MR) is 81.2 cm³/mol. The fourth-order valence-corrected chi connectivity index (χ4v) is 2.97. The minimum Gasteiger partial charge on any atom is -0.379 e. The predicted octanol–water partition coefficient (Wildman–Crippen LogP) is 2.72. The van der Waals surface area contributed by atoms with Gasteiger partial charge < -0.3 is 5.73 Å². The standard InChI is InChI=1S/C15H15N3S/c16-15-18-14(10-19-15)9-11-1-3-12(4-2-11)13-5-7-17-8-6-13/h1-8,14H,9-10H2,(H2,16,18).